The van der Waals surface area contributed by atoms with Gasteiger partial charge in [-0.05, 0) is 79.5 Å². The van der Waals surface area contributed by atoms with Gasteiger partial charge in [-0.25, -0.2) is 0 Å². The molecule has 0 spiro atoms. The van der Waals surface area contributed by atoms with E-state index in [2.05, 4.69) is 35.5 Å². The molecule has 0 saturated heterocycles. The highest BCUT2D eigenvalue weighted by molar-refractivity contribution is 5.99. The van der Waals surface area contributed by atoms with Crippen LogP contribution in [0.1, 0.15) is 75.6 Å². The van der Waals surface area contributed by atoms with Crippen molar-refractivity contribution in [3.63, 3.8) is 0 Å². The highest BCUT2D eigenvalue weighted by atomic mass is 16.2. The monoisotopic (exact) mass is 471 g/mol. The van der Waals surface area contributed by atoms with Crippen LogP contribution in [-0.2, 0) is 4.79 Å². The van der Waals surface area contributed by atoms with Crippen molar-refractivity contribution in [2.24, 2.45) is 17.8 Å². The smallest absolute Gasteiger partial charge is 0.251 e. The molecule has 2 aromatic carbocycles. The molecule has 4 atom stereocenters. The van der Waals surface area contributed by atoms with E-state index in [9.17, 15) is 9.59 Å². The number of H-pyrrole nitrogens is 1. The summed E-state index contributed by atoms with van der Waals surface area (Å²) in [6, 6.07) is 16.2. The molecule has 2 aliphatic rings. The fourth-order valence-corrected chi connectivity index (χ4v) is 5.89. The second-order valence-electron chi connectivity index (χ2n) is 10.8. The Balaban J connectivity index is 1.26. The number of carbonyl (C=O) groups is 2. The van der Waals surface area contributed by atoms with Gasteiger partial charge in [-0.3, -0.25) is 9.59 Å². The third-order valence-corrected chi connectivity index (χ3v) is 8.22. The highest BCUT2D eigenvalue weighted by Crippen LogP contribution is 2.31. The number of fused-ring (bicyclic) bond motifs is 1. The number of carbonyl (C=O) groups excluding carboxylic acids is 2. The lowest BCUT2D eigenvalue weighted by molar-refractivity contribution is -0.122. The first-order chi connectivity index (χ1) is 17.0. The van der Waals surface area contributed by atoms with Crippen molar-refractivity contribution in [1.29, 1.82) is 0 Å². The van der Waals surface area contributed by atoms with Gasteiger partial charge in [-0.15, -0.1) is 0 Å². The van der Waals surface area contributed by atoms with Gasteiger partial charge in [0.25, 0.3) is 5.91 Å². The SMILES string of the molecule is CC1CCCCC1NC(=O)c1ccc2[nH]c(-c3ccc(NC(=O)C4CCCCC4C)cc3)cc2c1. The minimum absolute atomic E-state index is 0.0146. The van der Waals surface area contributed by atoms with Crippen molar-refractivity contribution in [2.45, 2.75) is 71.3 Å². The second-order valence-corrected chi connectivity index (χ2v) is 10.8. The lowest BCUT2D eigenvalue weighted by Crippen LogP contribution is -2.41. The van der Waals surface area contributed by atoms with Crippen LogP contribution in [0.2, 0.25) is 0 Å². The third kappa shape index (κ3) is 5.29. The molecule has 3 aromatic rings. The normalized spacial score (nSPS) is 24.7. The maximum Gasteiger partial charge on any atom is 0.251 e. The molecule has 0 radical (unpaired) electrons. The summed E-state index contributed by atoms with van der Waals surface area (Å²) < 4.78 is 0. The average Bonchev–Trinajstić information content (AvgIpc) is 3.29. The fraction of sp³-hybridized carbons (Fsp3) is 0.467. The Morgan fingerprint density at radius 2 is 1.54 bits per heavy atom. The largest absolute Gasteiger partial charge is 0.355 e. The van der Waals surface area contributed by atoms with E-state index in [4.69, 9.17) is 0 Å². The van der Waals surface area contributed by atoms with Gasteiger partial charge in [0, 0.05) is 39.8 Å². The van der Waals surface area contributed by atoms with E-state index in [0.29, 0.717) is 17.4 Å². The Morgan fingerprint density at radius 1 is 0.829 bits per heavy atom. The number of amides is 2. The molecule has 1 aromatic heterocycles. The van der Waals surface area contributed by atoms with Crippen LogP contribution in [0.15, 0.2) is 48.5 Å². The molecule has 35 heavy (non-hydrogen) atoms. The number of hydrogen-bond acceptors (Lipinski definition) is 2. The first kappa shape index (κ1) is 23.7. The van der Waals surface area contributed by atoms with Crippen LogP contribution < -0.4 is 10.6 Å². The van der Waals surface area contributed by atoms with E-state index < -0.39 is 0 Å². The topological polar surface area (TPSA) is 74.0 Å². The van der Waals surface area contributed by atoms with Crippen molar-refractivity contribution in [3.8, 4) is 11.3 Å². The Hall–Kier alpha value is -3.08. The van der Waals surface area contributed by atoms with Gasteiger partial charge < -0.3 is 15.6 Å². The first-order valence-corrected chi connectivity index (χ1v) is 13.3. The molecular weight excluding hydrogens is 434 g/mol. The zero-order valence-corrected chi connectivity index (χ0v) is 20.9. The van der Waals surface area contributed by atoms with Gasteiger partial charge in [-0.1, -0.05) is 51.7 Å². The molecule has 5 rings (SSSR count). The van der Waals surface area contributed by atoms with Gasteiger partial charge in [0.15, 0.2) is 0 Å². The summed E-state index contributed by atoms with van der Waals surface area (Å²) in [4.78, 5) is 29.1. The lowest BCUT2D eigenvalue weighted by atomic mass is 9.80. The molecule has 2 amide bonds. The molecule has 1 heterocycles. The Kier molecular flexibility index (Phi) is 6.94. The molecule has 184 valence electrons. The van der Waals surface area contributed by atoms with E-state index in [0.717, 1.165) is 53.5 Å². The van der Waals surface area contributed by atoms with Crippen LogP contribution in [0.3, 0.4) is 0 Å². The predicted molar refractivity (Wildman–Crippen MR) is 142 cm³/mol. The van der Waals surface area contributed by atoms with Crippen molar-refractivity contribution in [1.82, 2.24) is 10.3 Å². The molecule has 0 bridgehead atoms. The van der Waals surface area contributed by atoms with Crippen LogP contribution >= 0.6 is 0 Å². The molecule has 3 N–H and O–H groups in total. The number of anilines is 1. The summed E-state index contributed by atoms with van der Waals surface area (Å²) in [5.74, 6) is 1.26. The summed E-state index contributed by atoms with van der Waals surface area (Å²) in [6.45, 7) is 4.42. The van der Waals surface area contributed by atoms with Gasteiger partial charge >= 0.3 is 0 Å². The van der Waals surface area contributed by atoms with E-state index >= 15 is 0 Å². The van der Waals surface area contributed by atoms with Crippen LogP contribution in [0, 0.1) is 17.8 Å². The van der Waals surface area contributed by atoms with E-state index in [-0.39, 0.29) is 23.8 Å². The number of rotatable bonds is 5. The second kappa shape index (κ2) is 10.3. The van der Waals surface area contributed by atoms with E-state index in [1.807, 2.05) is 42.5 Å². The zero-order valence-electron chi connectivity index (χ0n) is 20.9. The average molecular weight is 472 g/mol. The number of nitrogens with one attached hydrogen (secondary N) is 3. The summed E-state index contributed by atoms with van der Waals surface area (Å²) >= 11 is 0. The van der Waals surface area contributed by atoms with Gasteiger partial charge in [0.05, 0.1) is 0 Å². The van der Waals surface area contributed by atoms with Crippen LogP contribution in [-0.4, -0.2) is 22.8 Å². The van der Waals surface area contributed by atoms with E-state index in [1.165, 1.54) is 25.7 Å². The maximum atomic E-state index is 12.9. The number of aromatic amines is 1. The summed E-state index contributed by atoms with van der Waals surface area (Å²) in [5, 5.41) is 7.38. The molecule has 2 saturated carbocycles. The summed E-state index contributed by atoms with van der Waals surface area (Å²) in [5.41, 5.74) is 4.59. The maximum absolute atomic E-state index is 12.9. The third-order valence-electron chi connectivity index (χ3n) is 8.22. The molecule has 5 nitrogen and oxygen atoms in total. The van der Waals surface area contributed by atoms with Crippen molar-refractivity contribution in [3.05, 3.63) is 54.1 Å². The van der Waals surface area contributed by atoms with Crippen LogP contribution in [0.5, 0.6) is 0 Å². The number of aromatic nitrogens is 1. The van der Waals surface area contributed by atoms with Gasteiger partial charge in [0.1, 0.15) is 0 Å². The lowest BCUT2D eigenvalue weighted by Gasteiger charge is -2.29. The first-order valence-electron chi connectivity index (χ1n) is 13.3. The predicted octanol–water partition coefficient (Wildman–Crippen LogP) is 6.91. The minimum Gasteiger partial charge on any atom is -0.355 e. The number of benzene rings is 2. The quantitative estimate of drug-likeness (QED) is 0.378. The number of hydrogen-bond donors (Lipinski definition) is 3. The van der Waals surface area contributed by atoms with Crippen LogP contribution in [0.25, 0.3) is 22.2 Å². The summed E-state index contributed by atoms with van der Waals surface area (Å²) in [7, 11) is 0. The Bertz CT molecular complexity index is 1200. The Morgan fingerprint density at radius 3 is 2.29 bits per heavy atom. The highest BCUT2D eigenvalue weighted by Gasteiger charge is 2.27. The zero-order chi connectivity index (χ0) is 24.4. The van der Waals surface area contributed by atoms with Gasteiger partial charge in [0.2, 0.25) is 5.91 Å². The molecule has 5 heteroatoms. The molecular formula is C30H37N3O2. The van der Waals surface area contributed by atoms with Crippen LogP contribution in [0.4, 0.5) is 5.69 Å². The fourth-order valence-electron chi connectivity index (χ4n) is 5.89. The molecule has 2 fully saturated rings. The van der Waals surface area contributed by atoms with Crippen molar-refractivity contribution >= 4 is 28.4 Å². The van der Waals surface area contributed by atoms with Crippen molar-refractivity contribution < 1.29 is 9.59 Å². The molecule has 4 unspecified atom stereocenters. The minimum atomic E-state index is 0.0146. The van der Waals surface area contributed by atoms with Gasteiger partial charge in [-0.2, -0.15) is 0 Å². The Labute approximate surface area is 208 Å². The van der Waals surface area contributed by atoms with Crippen molar-refractivity contribution in [2.75, 3.05) is 5.32 Å². The standard InChI is InChI=1S/C30H37N3O2/c1-19-7-3-5-9-25(19)30(35)31-24-14-11-21(12-15-24)28-18-23-17-22(13-16-27(23)32-28)29(34)33-26-10-6-4-8-20(26)2/h11-20,25-26,32H,3-10H2,1-2H3,(H,31,35)(H,33,34). The summed E-state index contributed by atoms with van der Waals surface area (Å²) in [6.07, 6.45) is 9.21. The van der Waals surface area contributed by atoms with E-state index in [1.54, 1.807) is 0 Å². The molecule has 0 aliphatic heterocycles. The molecule has 2 aliphatic carbocycles.